The van der Waals surface area contributed by atoms with Crippen molar-refractivity contribution in [2.45, 2.75) is 63.5 Å². The van der Waals surface area contributed by atoms with Gasteiger partial charge < -0.3 is 15.3 Å². The van der Waals surface area contributed by atoms with Crippen molar-refractivity contribution in [1.29, 1.82) is 0 Å². The molecule has 1 atom stereocenters. The molecule has 2 saturated carbocycles. The highest BCUT2D eigenvalue weighted by atomic mass is 16.3. The van der Waals surface area contributed by atoms with E-state index in [1.165, 1.54) is 19.3 Å². The molecule has 4 nitrogen and oxygen atoms in total. The van der Waals surface area contributed by atoms with Crippen LogP contribution in [-0.4, -0.2) is 41.3 Å². The van der Waals surface area contributed by atoms with Crippen LogP contribution >= 0.6 is 0 Å². The maximum Gasteiger partial charge on any atom is 0.317 e. The first-order valence-corrected chi connectivity index (χ1v) is 7.24. The molecule has 0 saturated heterocycles. The molecule has 1 unspecified atom stereocenters. The van der Waals surface area contributed by atoms with Crippen molar-refractivity contribution in [3.05, 3.63) is 0 Å². The van der Waals surface area contributed by atoms with Crippen molar-refractivity contribution in [2.75, 3.05) is 13.6 Å². The van der Waals surface area contributed by atoms with Crippen molar-refractivity contribution in [2.24, 2.45) is 5.92 Å². The number of nitrogens with zero attached hydrogens (tertiary/aromatic N) is 1. The van der Waals surface area contributed by atoms with Crippen LogP contribution in [0.3, 0.4) is 0 Å². The second-order valence-corrected chi connectivity index (χ2v) is 6.22. The largest absolute Gasteiger partial charge is 0.388 e. The molecule has 0 aliphatic heterocycles. The monoisotopic (exact) mass is 254 g/mol. The van der Waals surface area contributed by atoms with E-state index in [-0.39, 0.29) is 12.1 Å². The average molecular weight is 254 g/mol. The van der Waals surface area contributed by atoms with Gasteiger partial charge in [-0.15, -0.1) is 0 Å². The fraction of sp³-hybridized carbons (Fsp3) is 0.929. The van der Waals surface area contributed by atoms with Gasteiger partial charge in [-0.2, -0.15) is 0 Å². The first kappa shape index (κ1) is 13.7. The topological polar surface area (TPSA) is 52.6 Å². The Morgan fingerprint density at radius 3 is 2.50 bits per heavy atom. The van der Waals surface area contributed by atoms with E-state index < -0.39 is 5.60 Å². The summed E-state index contributed by atoms with van der Waals surface area (Å²) in [5.74, 6) is 0.650. The molecule has 0 heterocycles. The van der Waals surface area contributed by atoms with Crippen LogP contribution in [-0.2, 0) is 0 Å². The molecule has 4 heteroatoms. The molecule has 0 aromatic rings. The van der Waals surface area contributed by atoms with E-state index >= 15 is 0 Å². The predicted molar refractivity (Wildman–Crippen MR) is 71.4 cm³/mol. The molecule has 2 aliphatic rings. The minimum Gasteiger partial charge on any atom is -0.388 e. The summed E-state index contributed by atoms with van der Waals surface area (Å²) in [7, 11) is 1.78. The Morgan fingerprint density at radius 1 is 1.39 bits per heavy atom. The lowest BCUT2D eigenvalue weighted by atomic mass is 9.80. The summed E-state index contributed by atoms with van der Waals surface area (Å²) in [5.41, 5.74) is -0.647. The second kappa shape index (κ2) is 5.47. The Labute approximate surface area is 110 Å². The van der Waals surface area contributed by atoms with Crippen molar-refractivity contribution < 1.29 is 9.90 Å². The molecule has 104 valence electrons. The fourth-order valence-corrected chi connectivity index (χ4v) is 3.07. The number of rotatable bonds is 4. The first-order valence-electron chi connectivity index (χ1n) is 7.24. The number of carbonyl (C=O) groups excluding carboxylic acids is 1. The van der Waals surface area contributed by atoms with E-state index in [9.17, 15) is 9.90 Å². The average Bonchev–Trinajstić information content (AvgIpc) is 2.61. The molecule has 0 aromatic heterocycles. The summed E-state index contributed by atoms with van der Waals surface area (Å²) < 4.78 is 0. The van der Waals surface area contributed by atoms with Gasteiger partial charge in [0.25, 0.3) is 0 Å². The number of likely N-dealkylation sites (N-methyl/N-ethyl adjacent to an activating group) is 1. The Hall–Kier alpha value is -0.770. The highest BCUT2D eigenvalue weighted by Gasteiger charge is 2.34. The van der Waals surface area contributed by atoms with Crippen LogP contribution in [0.5, 0.6) is 0 Å². The van der Waals surface area contributed by atoms with Gasteiger partial charge in [0.2, 0.25) is 0 Å². The fourth-order valence-electron chi connectivity index (χ4n) is 3.07. The molecular formula is C14H26N2O2. The molecule has 0 spiro atoms. The summed E-state index contributed by atoms with van der Waals surface area (Å²) in [6, 6.07) is 0.210. The van der Waals surface area contributed by atoms with Crippen molar-refractivity contribution >= 4 is 6.03 Å². The van der Waals surface area contributed by atoms with Crippen molar-refractivity contribution in [3.63, 3.8) is 0 Å². The standard InChI is InChI=1S/C14H26N2O2/c1-11(12-6-5-7-12)15-13(17)16(2)10-14(18)8-3-4-9-14/h11-12,18H,3-10H2,1-2H3,(H,15,17). The lowest BCUT2D eigenvalue weighted by Gasteiger charge is -2.34. The third-order valence-electron chi connectivity index (χ3n) is 4.62. The summed E-state index contributed by atoms with van der Waals surface area (Å²) in [5, 5.41) is 13.3. The number of hydrogen-bond donors (Lipinski definition) is 2. The van der Waals surface area contributed by atoms with Gasteiger partial charge in [-0.05, 0) is 38.5 Å². The molecule has 2 rings (SSSR count). The third-order valence-corrected chi connectivity index (χ3v) is 4.62. The molecule has 18 heavy (non-hydrogen) atoms. The second-order valence-electron chi connectivity index (χ2n) is 6.22. The van der Waals surface area contributed by atoms with E-state index in [2.05, 4.69) is 12.2 Å². The zero-order chi connectivity index (χ0) is 13.2. The molecular weight excluding hydrogens is 228 g/mol. The van der Waals surface area contributed by atoms with Gasteiger partial charge in [0.05, 0.1) is 12.1 Å². The smallest absolute Gasteiger partial charge is 0.317 e. The lowest BCUT2D eigenvalue weighted by Crippen LogP contribution is -2.50. The summed E-state index contributed by atoms with van der Waals surface area (Å²) in [6.45, 7) is 2.54. The zero-order valence-electron chi connectivity index (χ0n) is 11.6. The number of nitrogens with one attached hydrogen (secondary N) is 1. The van der Waals surface area contributed by atoms with Crippen LogP contribution in [0.1, 0.15) is 51.9 Å². The third kappa shape index (κ3) is 3.16. The number of carbonyl (C=O) groups is 1. The van der Waals surface area contributed by atoms with E-state index in [0.29, 0.717) is 12.5 Å². The Kier molecular flexibility index (Phi) is 4.15. The Balaban J connectivity index is 1.77. The predicted octanol–water partition coefficient (Wildman–Crippen LogP) is 2.12. The first-order chi connectivity index (χ1) is 8.50. The molecule has 2 fully saturated rings. The van der Waals surface area contributed by atoms with Crippen LogP contribution in [0.2, 0.25) is 0 Å². The van der Waals surface area contributed by atoms with Crippen LogP contribution < -0.4 is 5.32 Å². The highest BCUT2D eigenvalue weighted by molar-refractivity contribution is 5.74. The van der Waals surface area contributed by atoms with Gasteiger partial charge >= 0.3 is 6.03 Å². The SMILES string of the molecule is CC(NC(=O)N(C)CC1(O)CCCC1)C1CCC1. The van der Waals surface area contributed by atoms with E-state index in [1.54, 1.807) is 11.9 Å². The quantitative estimate of drug-likeness (QED) is 0.807. The van der Waals surface area contributed by atoms with Gasteiger partial charge in [-0.1, -0.05) is 19.3 Å². The van der Waals surface area contributed by atoms with Crippen LogP contribution in [0.15, 0.2) is 0 Å². The maximum absolute atomic E-state index is 12.0. The minimum atomic E-state index is -0.647. The van der Waals surface area contributed by atoms with Gasteiger partial charge in [-0.25, -0.2) is 4.79 Å². The number of hydrogen-bond acceptors (Lipinski definition) is 2. The van der Waals surface area contributed by atoms with Crippen LogP contribution in [0, 0.1) is 5.92 Å². The summed E-state index contributed by atoms with van der Waals surface area (Å²) in [4.78, 5) is 13.7. The summed E-state index contributed by atoms with van der Waals surface area (Å²) in [6.07, 6.45) is 7.55. The normalized spacial score (nSPS) is 24.4. The number of urea groups is 1. The number of aliphatic hydroxyl groups is 1. The molecule has 2 amide bonds. The molecule has 2 N–H and O–H groups in total. The Bertz CT molecular complexity index is 296. The van der Waals surface area contributed by atoms with E-state index in [4.69, 9.17) is 0 Å². The molecule has 0 radical (unpaired) electrons. The van der Waals surface area contributed by atoms with Crippen molar-refractivity contribution in [1.82, 2.24) is 10.2 Å². The minimum absolute atomic E-state index is 0.0466. The zero-order valence-corrected chi connectivity index (χ0v) is 11.6. The maximum atomic E-state index is 12.0. The molecule has 0 bridgehead atoms. The lowest BCUT2D eigenvalue weighted by molar-refractivity contribution is 0.0241. The van der Waals surface area contributed by atoms with Crippen molar-refractivity contribution in [3.8, 4) is 0 Å². The van der Waals surface area contributed by atoms with Crippen LogP contribution in [0.4, 0.5) is 4.79 Å². The van der Waals surface area contributed by atoms with Gasteiger partial charge in [0.15, 0.2) is 0 Å². The highest BCUT2D eigenvalue weighted by Crippen LogP contribution is 2.31. The molecule has 0 aromatic carbocycles. The van der Waals surface area contributed by atoms with E-state index in [1.807, 2.05) is 0 Å². The Morgan fingerprint density at radius 2 is 2.00 bits per heavy atom. The molecule has 2 aliphatic carbocycles. The number of amides is 2. The van der Waals surface area contributed by atoms with E-state index in [0.717, 1.165) is 25.7 Å². The van der Waals surface area contributed by atoms with Gasteiger partial charge in [-0.3, -0.25) is 0 Å². The van der Waals surface area contributed by atoms with Crippen LogP contribution in [0.25, 0.3) is 0 Å². The van der Waals surface area contributed by atoms with Gasteiger partial charge in [0, 0.05) is 13.1 Å². The van der Waals surface area contributed by atoms with Gasteiger partial charge in [0.1, 0.15) is 0 Å². The summed E-state index contributed by atoms with van der Waals surface area (Å²) >= 11 is 0.